The second-order valence-electron chi connectivity index (χ2n) is 7.42. The Kier molecular flexibility index (Phi) is 3.66. The Bertz CT molecular complexity index is 542. The fraction of sp³-hybridized carbons (Fsp3) is 0.875. The van der Waals surface area contributed by atoms with Crippen LogP contribution in [0, 0.1) is 23.7 Å². The van der Waals surface area contributed by atoms with E-state index in [2.05, 4.69) is 0 Å². The van der Waals surface area contributed by atoms with Crippen LogP contribution in [-0.2, 0) is 14.3 Å². The van der Waals surface area contributed by atoms with E-state index in [-0.39, 0.29) is 47.8 Å². The molecule has 23 heavy (non-hydrogen) atoms. The molecule has 1 N–H and O–H groups in total. The normalized spacial score (nSPS) is 44.3. The Balaban J connectivity index is 1.64. The number of thioether (sulfide) groups is 1. The molecule has 4 rings (SSSR count). The summed E-state index contributed by atoms with van der Waals surface area (Å²) in [5.41, 5.74) is 0. The van der Waals surface area contributed by atoms with Gasteiger partial charge in [0, 0.05) is 20.0 Å². The van der Waals surface area contributed by atoms with Gasteiger partial charge in [0.1, 0.15) is 12.3 Å². The summed E-state index contributed by atoms with van der Waals surface area (Å²) in [5, 5.41) is 10.3. The first-order valence-electron chi connectivity index (χ1n) is 8.33. The molecule has 2 aliphatic carbocycles. The van der Waals surface area contributed by atoms with Crippen LogP contribution in [0.2, 0.25) is 0 Å². The van der Waals surface area contributed by atoms with Crippen LogP contribution in [0.4, 0.5) is 0 Å². The van der Waals surface area contributed by atoms with E-state index in [9.17, 15) is 14.7 Å². The summed E-state index contributed by atoms with van der Waals surface area (Å²) in [7, 11) is 3.46. The molecule has 2 aliphatic heterocycles. The van der Waals surface area contributed by atoms with Gasteiger partial charge in [-0.2, -0.15) is 11.8 Å². The van der Waals surface area contributed by atoms with Crippen LogP contribution in [0.1, 0.15) is 12.8 Å². The third-order valence-electron chi connectivity index (χ3n) is 6.21. The molecule has 4 aliphatic rings. The zero-order valence-corrected chi connectivity index (χ0v) is 14.5. The van der Waals surface area contributed by atoms with Crippen LogP contribution in [-0.4, -0.2) is 77.3 Å². The maximum Gasteiger partial charge on any atom is 0.244 e. The first-order valence-corrected chi connectivity index (χ1v) is 9.72. The number of fused-ring (bicyclic) bond motifs is 2. The lowest BCUT2D eigenvalue weighted by Crippen LogP contribution is -2.53. The molecule has 0 aromatic carbocycles. The van der Waals surface area contributed by atoms with Crippen molar-refractivity contribution >= 4 is 23.6 Å². The SMILES string of the molecule is CSCCC(C(=O)N(C)C)N1C(=O)C2C3CC4C(OC1C42)C3O. The minimum Gasteiger partial charge on any atom is -0.390 e. The third-order valence-corrected chi connectivity index (χ3v) is 6.85. The topological polar surface area (TPSA) is 70.1 Å². The molecule has 128 valence electrons. The van der Waals surface area contributed by atoms with Crippen LogP contribution in [0.3, 0.4) is 0 Å². The maximum absolute atomic E-state index is 13.0. The highest BCUT2D eigenvalue weighted by molar-refractivity contribution is 7.98. The van der Waals surface area contributed by atoms with E-state index in [4.69, 9.17) is 4.74 Å². The number of ether oxygens (including phenoxy) is 1. The Morgan fingerprint density at radius 3 is 2.87 bits per heavy atom. The molecule has 2 saturated heterocycles. The van der Waals surface area contributed by atoms with Gasteiger partial charge in [-0.15, -0.1) is 0 Å². The summed E-state index contributed by atoms with van der Waals surface area (Å²) in [5.74, 6) is 1.15. The lowest BCUT2D eigenvalue weighted by atomic mass is 9.80. The first kappa shape index (κ1) is 15.7. The van der Waals surface area contributed by atoms with Crippen molar-refractivity contribution in [2.24, 2.45) is 23.7 Å². The summed E-state index contributed by atoms with van der Waals surface area (Å²) in [6.45, 7) is 0. The summed E-state index contributed by atoms with van der Waals surface area (Å²) < 4.78 is 6.09. The van der Waals surface area contributed by atoms with Crippen molar-refractivity contribution in [3.63, 3.8) is 0 Å². The van der Waals surface area contributed by atoms with Crippen molar-refractivity contribution in [3.05, 3.63) is 0 Å². The molecule has 0 aromatic rings. The molecule has 6 nitrogen and oxygen atoms in total. The van der Waals surface area contributed by atoms with E-state index in [0.717, 1.165) is 12.2 Å². The van der Waals surface area contributed by atoms with E-state index >= 15 is 0 Å². The Morgan fingerprint density at radius 2 is 2.22 bits per heavy atom. The van der Waals surface area contributed by atoms with E-state index in [1.807, 2.05) is 6.26 Å². The zero-order chi connectivity index (χ0) is 16.5. The van der Waals surface area contributed by atoms with Crippen molar-refractivity contribution in [1.82, 2.24) is 9.80 Å². The van der Waals surface area contributed by atoms with E-state index in [1.165, 1.54) is 0 Å². The van der Waals surface area contributed by atoms with Gasteiger partial charge in [-0.25, -0.2) is 0 Å². The van der Waals surface area contributed by atoms with Gasteiger partial charge in [-0.3, -0.25) is 9.59 Å². The van der Waals surface area contributed by atoms with Crippen LogP contribution < -0.4 is 0 Å². The van der Waals surface area contributed by atoms with Gasteiger partial charge in [0.15, 0.2) is 0 Å². The minimum atomic E-state index is -0.508. The molecule has 0 aromatic heterocycles. The molecule has 8 atom stereocenters. The summed E-state index contributed by atoms with van der Waals surface area (Å²) in [6.07, 6.45) is 2.58. The van der Waals surface area contributed by atoms with Crippen molar-refractivity contribution in [3.8, 4) is 0 Å². The number of carbonyl (C=O) groups excluding carboxylic acids is 2. The number of rotatable bonds is 5. The maximum atomic E-state index is 13.0. The van der Waals surface area contributed by atoms with Crippen LogP contribution in [0.25, 0.3) is 0 Å². The quantitative estimate of drug-likeness (QED) is 0.763. The largest absolute Gasteiger partial charge is 0.390 e. The van der Waals surface area contributed by atoms with Crippen molar-refractivity contribution < 1.29 is 19.4 Å². The second kappa shape index (κ2) is 5.36. The molecule has 4 fully saturated rings. The molecule has 2 saturated carbocycles. The number of aliphatic hydroxyl groups is 1. The highest BCUT2D eigenvalue weighted by atomic mass is 32.2. The highest BCUT2D eigenvalue weighted by Gasteiger charge is 2.73. The van der Waals surface area contributed by atoms with Crippen LogP contribution in [0.5, 0.6) is 0 Å². The van der Waals surface area contributed by atoms with Crippen molar-refractivity contribution in [2.75, 3.05) is 26.1 Å². The number of hydrogen-bond acceptors (Lipinski definition) is 5. The molecular formula is C16H24N2O4S. The predicted molar refractivity (Wildman–Crippen MR) is 85.6 cm³/mol. The number of aliphatic hydroxyl groups excluding tert-OH is 1. The molecule has 8 unspecified atom stereocenters. The highest BCUT2D eigenvalue weighted by Crippen LogP contribution is 2.63. The smallest absolute Gasteiger partial charge is 0.244 e. The summed E-state index contributed by atoms with van der Waals surface area (Å²) >= 11 is 1.68. The molecule has 2 amide bonds. The van der Waals surface area contributed by atoms with E-state index < -0.39 is 12.1 Å². The minimum absolute atomic E-state index is 0.0194. The van der Waals surface area contributed by atoms with Crippen molar-refractivity contribution in [1.29, 1.82) is 0 Å². The van der Waals surface area contributed by atoms with Crippen LogP contribution >= 0.6 is 11.8 Å². The number of amides is 2. The van der Waals surface area contributed by atoms with E-state index in [1.54, 1.807) is 35.7 Å². The Morgan fingerprint density at radius 1 is 1.48 bits per heavy atom. The second-order valence-corrected chi connectivity index (χ2v) is 8.41. The standard InChI is InChI=1S/C16H24N2O4S/c1-17(2)14(20)9(4-5-23-3)18-15(21)10-7-6-8-11(10)16(18)22-13(8)12(7)19/h7-13,16,19H,4-6H2,1-3H3. The van der Waals surface area contributed by atoms with Gasteiger partial charge in [-0.1, -0.05) is 0 Å². The number of likely N-dealkylation sites (tertiary alicyclic amines) is 1. The van der Waals surface area contributed by atoms with E-state index in [0.29, 0.717) is 6.42 Å². The molecule has 0 radical (unpaired) electrons. The molecule has 7 heteroatoms. The fourth-order valence-electron chi connectivity index (χ4n) is 5.33. The van der Waals surface area contributed by atoms with Gasteiger partial charge >= 0.3 is 0 Å². The van der Waals surface area contributed by atoms with Gasteiger partial charge in [0.25, 0.3) is 0 Å². The molecule has 2 bridgehead atoms. The zero-order valence-electron chi connectivity index (χ0n) is 13.7. The number of hydrogen-bond donors (Lipinski definition) is 1. The third kappa shape index (κ3) is 1.96. The number of nitrogens with zero attached hydrogens (tertiary/aromatic N) is 2. The lowest BCUT2D eigenvalue weighted by molar-refractivity contribution is -0.162. The molecule has 0 spiro atoms. The molecule has 2 heterocycles. The number of likely N-dealkylation sites (N-methyl/N-ethyl adjacent to an activating group) is 1. The number of carbonyl (C=O) groups is 2. The average molecular weight is 340 g/mol. The predicted octanol–water partition coefficient (Wildman–Crippen LogP) is 0.00640. The van der Waals surface area contributed by atoms with Gasteiger partial charge < -0.3 is 19.6 Å². The van der Waals surface area contributed by atoms with Gasteiger partial charge in [0.2, 0.25) is 11.8 Å². The van der Waals surface area contributed by atoms with Crippen LogP contribution in [0.15, 0.2) is 0 Å². The Hall–Kier alpha value is -0.790. The average Bonchev–Trinajstić information content (AvgIpc) is 3.18. The lowest BCUT2D eigenvalue weighted by Gasteiger charge is -2.35. The monoisotopic (exact) mass is 340 g/mol. The van der Waals surface area contributed by atoms with Gasteiger partial charge in [-0.05, 0) is 36.7 Å². The molecular weight excluding hydrogens is 316 g/mol. The first-order chi connectivity index (χ1) is 11.0. The van der Waals surface area contributed by atoms with Crippen molar-refractivity contribution in [2.45, 2.75) is 37.3 Å². The Labute approximate surface area is 140 Å². The fourth-order valence-corrected chi connectivity index (χ4v) is 5.79. The summed E-state index contributed by atoms with van der Waals surface area (Å²) in [4.78, 5) is 29.0. The van der Waals surface area contributed by atoms with Gasteiger partial charge in [0.05, 0.1) is 18.1 Å². The summed E-state index contributed by atoms with van der Waals surface area (Å²) in [6, 6.07) is -0.448.